The molecule has 1 aromatic heterocycles. The Morgan fingerprint density at radius 3 is 2.09 bits per heavy atom. The summed E-state index contributed by atoms with van der Waals surface area (Å²) < 4.78 is 0. The Morgan fingerprint density at radius 2 is 1.45 bits per heavy atom. The molecule has 4 heteroatoms. The monoisotopic (exact) mass is 301 g/mol. The molecule has 0 aliphatic carbocycles. The van der Waals surface area contributed by atoms with Gasteiger partial charge in [0.1, 0.15) is 5.69 Å². The molecule has 0 aromatic carbocycles. The number of amides is 1. The van der Waals surface area contributed by atoms with Gasteiger partial charge < -0.3 is 9.80 Å². The van der Waals surface area contributed by atoms with E-state index in [0.29, 0.717) is 5.69 Å². The highest BCUT2D eigenvalue weighted by Crippen LogP contribution is 2.21. The van der Waals surface area contributed by atoms with Crippen molar-refractivity contribution >= 4 is 11.6 Å². The molecule has 0 spiro atoms. The van der Waals surface area contributed by atoms with Crippen molar-refractivity contribution in [2.75, 3.05) is 31.1 Å². The first-order valence-electron chi connectivity index (χ1n) is 8.85. The molecule has 0 bridgehead atoms. The topological polar surface area (TPSA) is 36.4 Å². The van der Waals surface area contributed by atoms with Crippen LogP contribution in [0, 0.1) is 0 Å². The van der Waals surface area contributed by atoms with Gasteiger partial charge >= 0.3 is 0 Å². The van der Waals surface area contributed by atoms with E-state index in [0.717, 1.165) is 44.7 Å². The Kier molecular flexibility index (Phi) is 5.30. The standard InChI is InChI=1S/C18H27N3O/c22-18(21-13-7-3-4-8-14-21)17-15-16(9-10-19-17)20-11-5-1-2-6-12-20/h9-10,15H,1-8,11-14H2. The summed E-state index contributed by atoms with van der Waals surface area (Å²) >= 11 is 0. The molecular weight excluding hydrogens is 274 g/mol. The quantitative estimate of drug-likeness (QED) is 0.839. The number of rotatable bonds is 2. The van der Waals surface area contributed by atoms with Gasteiger partial charge in [-0.15, -0.1) is 0 Å². The molecule has 2 aliphatic heterocycles. The molecule has 2 saturated heterocycles. The summed E-state index contributed by atoms with van der Waals surface area (Å²) in [6.07, 6.45) is 11.7. The molecule has 2 fully saturated rings. The largest absolute Gasteiger partial charge is 0.371 e. The fraction of sp³-hybridized carbons (Fsp3) is 0.667. The third kappa shape index (κ3) is 3.79. The molecule has 0 atom stereocenters. The maximum Gasteiger partial charge on any atom is 0.272 e. The van der Waals surface area contributed by atoms with Crippen molar-refractivity contribution in [2.24, 2.45) is 0 Å². The number of carbonyl (C=O) groups is 1. The summed E-state index contributed by atoms with van der Waals surface area (Å²) in [5.41, 5.74) is 1.78. The first-order valence-corrected chi connectivity index (χ1v) is 8.85. The van der Waals surface area contributed by atoms with Gasteiger partial charge in [-0.2, -0.15) is 0 Å². The molecule has 1 amide bonds. The Labute approximate surface area is 133 Å². The average molecular weight is 301 g/mol. The molecule has 2 aliphatic rings. The minimum Gasteiger partial charge on any atom is -0.371 e. The number of pyridine rings is 1. The van der Waals surface area contributed by atoms with Crippen molar-refractivity contribution in [3.05, 3.63) is 24.0 Å². The first-order chi connectivity index (χ1) is 10.8. The number of hydrogen-bond acceptors (Lipinski definition) is 3. The van der Waals surface area contributed by atoms with Crippen molar-refractivity contribution in [1.82, 2.24) is 9.88 Å². The molecule has 0 radical (unpaired) electrons. The fourth-order valence-electron chi connectivity index (χ4n) is 3.50. The van der Waals surface area contributed by atoms with E-state index in [2.05, 4.69) is 9.88 Å². The van der Waals surface area contributed by atoms with Crippen LogP contribution < -0.4 is 4.90 Å². The molecule has 120 valence electrons. The van der Waals surface area contributed by atoms with E-state index >= 15 is 0 Å². The molecule has 22 heavy (non-hydrogen) atoms. The number of anilines is 1. The van der Waals surface area contributed by atoms with E-state index in [4.69, 9.17) is 0 Å². The highest BCUT2D eigenvalue weighted by atomic mass is 16.2. The van der Waals surface area contributed by atoms with E-state index in [1.54, 1.807) is 6.20 Å². The highest BCUT2D eigenvalue weighted by Gasteiger charge is 2.19. The Hall–Kier alpha value is -1.58. The minimum atomic E-state index is 0.110. The number of aromatic nitrogens is 1. The van der Waals surface area contributed by atoms with Crippen LogP contribution in [-0.2, 0) is 0 Å². The van der Waals surface area contributed by atoms with Gasteiger partial charge in [-0.25, -0.2) is 0 Å². The van der Waals surface area contributed by atoms with Crippen LogP contribution in [0.15, 0.2) is 18.3 Å². The van der Waals surface area contributed by atoms with Crippen LogP contribution in [0.2, 0.25) is 0 Å². The zero-order valence-electron chi connectivity index (χ0n) is 13.5. The maximum atomic E-state index is 12.7. The molecule has 1 aromatic rings. The average Bonchev–Trinajstić information content (AvgIpc) is 2.99. The Balaban J connectivity index is 1.73. The van der Waals surface area contributed by atoms with Gasteiger partial charge in [-0.05, 0) is 37.8 Å². The minimum absolute atomic E-state index is 0.110. The van der Waals surface area contributed by atoms with Gasteiger partial charge in [0.05, 0.1) is 0 Å². The van der Waals surface area contributed by atoms with E-state index < -0.39 is 0 Å². The van der Waals surface area contributed by atoms with Crippen LogP contribution in [0.5, 0.6) is 0 Å². The summed E-state index contributed by atoms with van der Waals surface area (Å²) in [5, 5.41) is 0. The van der Waals surface area contributed by atoms with Crippen molar-refractivity contribution in [3.8, 4) is 0 Å². The molecule has 0 saturated carbocycles. The fourth-order valence-corrected chi connectivity index (χ4v) is 3.50. The molecule has 0 unspecified atom stereocenters. The van der Waals surface area contributed by atoms with Gasteiger partial charge in [-0.1, -0.05) is 25.7 Å². The van der Waals surface area contributed by atoms with E-state index in [9.17, 15) is 4.79 Å². The van der Waals surface area contributed by atoms with Crippen molar-refractivity contribution in [3.63, 3.8) is 0 Å². The molecule has 4 nitrogen and oxygen atoms in total. The van der Waals surface area contributed by atoms with Gasteiger partial charge in [0.15, 0.2) is 0 Å². The summed E-state index contributed by atoms with van der Waals surface area (Å²) in [7, 11) is 0. The van der Waals surface area contributed by atoms with Gasteiger partial charge in [0.2, 0.25) is 0 Å². The molecule has 0 N–H and O–H groups in total. The van der Waals surface area contributed by atoms with Crippen molar-refractivity contribution in [1.29, 1.82) is 0 Å². The number of nitrogens with zero attached hydrogens (tertiary/aromatic N) is 3. The summed E-state index contributed by atoms with van der Waals surface area (Å²) in [5.74, 6) is 0.110. The van der Waals surface area contributed by atoms with Gasteiger partial charge in [0.25, 0.3) is 5.91 Å². The van der Waals surface area contributed by atoms with Gasteiger partial charge in [0, 0.05) is 38.1 Å². The number of likely N-dealkylation sites (tertiary alicyclic amines) is 1. The lowest BCUT2D eigenvalue weighted by molar-refractivity contribution is 0.0756. The molecular formula is C18H27N3O. The van der Waals surface area contributed by atoms with Crippen LogP contribution in [0.4, 0.5) is 5.69 Å². The second-order valence-electron chi connectivity index (χ2n) is 6.51. The Morgan fingerprint density at radius 1 is 0.864 bits per heavy atom. The van der Waals surface area contributed by atoms with Gasteiger partial charge in [-0.3, -0.25) is 9.78 Å². The summed E-state index contributed by atoms with van der Waals surface area (Å²) in [4.78, 5) is 21.4. The second kappa shape index (κ2) is 7.61. The predicted octanol–water partition coefficient (Wildman–Crippen LogP) is 3.48. The normalized spacial score (nSPS) is 20.4. The maximum absolute atomic E-state index is 12.7. The van der Waals surface area contributed by atoms with Crippen molar-refractivity contribution < 1.29 is 4.79 Å². The summed E-state index contributed by atoms with van der Waals surface area (Å²) in [6, 6.07) is 4.04. The smallest absolute Gasteiger partial charge is 0.272 e. The number of carbonyl (C=O) groups excluding carboxylic acids is 1. The lowest BCUT2D eigenvalue weighted by Gasteiger charge is -2.24. The Bertz CT molecular complexity index is 487. The van der Waals surface area contributed by atoms with Crippen molar-refractivity contribution in [2.45, 2.75) is 51.4 Å². The van der Waals surface area contributed by atoms with Crippen LogP contribution in [0.3, 0.4) is 0 Å². The number of hydrogen-bond donors (Lipinski definition) is 0. The molecule has 3 heterocycles. The van der Waals surface area contributed by atoms with E-state index in [1.165, 1.54) is 38.5 Å². The zero-order valence-corrected chi connectivity index (χ0v) is 13.5. The third-order valence-electron chi connectivity index (χ3n) is 4.83. The van der Waals surface area contributed by atoms with Crippen LogP contribution in [0.25, 0.3) is 0 Å². The second-order valence-corrected chi connectivity index (χ2v) is 6.51. The lowest BCUT2D eigenvalue weighted by atomic mass is 10.2. The van der Waals surface area contributed by atoms with Crippen LogP contribution >= 0.6 is 0 Å². The van der Waals surface area contributed by atoms with E-state index in [1.807, 2.05) is 17.0 Å². The summed E-state index contributed by atoms with van der Waals surface area (Å²) in [6.45, 7) is 3.96. The van der Waals surface area contributed by atoms with Crippen LogP contribution in [0.1, 0.15) is 61.9 Å². The zero-order chi connectivity index (χ0) is 15.2. The highest BCUT2D eigenvalue weighted by molar-refractivity contribution is 5.93. The lowest BCUT2D eigenvalue weighted by Crippen LogP contribution is -2.32. The predicted molar refractivity (Wildman–Crippen MR) is 89.3 cm³/mol. The van der Waals surface area contributed by atoms with Crippen LogP contribution in [-0.4, -0.2) is 42.0 Å². The SMILES string of the molecule is O=C(c1cc(N2CCCCCC2)ccn1)N1CCCCCC1. The van der Waals surface area contributed by atoms with E-state index in [-0.39, 0.29) is 5.91 Å². The molecule has 3 rings (SSSR count). The first kappa shape index (κ1) is 15.3. The third-order valence-corrected chi connectivity index (χ3v) is 4.83.